The second-order valence-electron chi connectivity index (χ2n) is 5.19. The van der Waals surface area contributed by atoms with E-state index in [1.54, 1.807) is 11.7 Å². The van der Waals surface area contributed by atoms with E-state index in [0.29, 0.717) is 23.2 Å². The van der Waals surface area contributed by atoms with Crippen LogP contribution in [0, 0.1) is 10.1 Å². The number of hydrogen-bond donors (Lipinski definition) is 1. The minimum Gasteiger partial charge on any atom is -0.361 e. The number of nitro groups is 1. The molecule has 0 bridgehead atoms. The van der Waals surface area contributed by atoms with Crippen LogP contribution < -0.4 is 5.32 Å². The van der Waals surface area contributed by atoms with Crippen LogP contribution in [0.4, 0.5) is 11.5 Å². The van der Waals surface area contributed by atoms with Crippen molar-refractivity contribution in [1.82, 2.24) is 9.78 Å². The number of nitrogens with one attached hydrogen (secondary N) is 1. The minimum atomic E-state index is -0.314. The van der Waals surface area contributed by atoms with E-state index in [1.165, 1.54) is 19.3 Å². The zero-order valence-corrected chi connectivity index (χ0v) is 13.1. The molecule has 1 aromatic rings. The van der Waals surface area contributed by atoms with Crippen molar-refractivity contribution in [2.75, 3.05) is 11.6 Å². The lowest BCUT2D eigenvalue weighted by molar-refractivity contribution is -0.384. The van der Waals surface area contributed by atoms with E-state index in [4.69, 9.17) is 0 Å². The Morgan fingerprint density at radius 2 is 2.20 bits per heavy atom. The van der Waals surface area contributed by atoms with Gasteiger partial charge in [-0.1, -0.05) is 19.8 Å². The molecule has 0 aliphatic heterocycles. The maximum Gasteiger partial charge on any atom is 0.333 e. The highest BCUT2D eigenvalue weighted by Gasteiger charge is 2.31. The van der Waals surface area contributed by atoms with E-state index in [2.05, 4.69) is 16.7 Å². The van der Waals surface area contributed by atoms with Gasteiger partial charge in [0, 0.05) is 18.3 Å². The second kappa shape index (κ2) is 6.47. The van der Waals surface area contributed by atoms with E-state index in [9.17, 15) is 10.1 Å². The standard InChI is InChI=1S/C13H22N4O2S/c1-4-9-12(17(18)19)13(16(2)15-9)14-10-7-5-6-8-11(10)20-3/h10-11,14H,4-8H2,1-3H3. The summed E-state index contributed by atoms with van der Waals surface area (Å²) < 4.78 is 1.61. The molecule has 1 aliphatic carbocycles. The lowest BCUT2D eigenvalue weighted by Crippen LogP contribution is -2.35. The van der Waals surface area contributed by atoms with E-state index in [0.717, 1.165) is 6.42 Å². The average Bonchev–Trinajstić information content (AvgIpc) is 2.76. The third-order valence-corrected chi connectivity index (χ3v) is 5.11. The normalized spacial score (nSPS) is 22.8. The molecule has 20 heavy (non-hydrogen) atoms. The summed E-state index contributed by atoms with van der Waals surface area (Å²) in [7, 11) is 1.77. The molecule has 0 radical (unpaired) electrons. The zero-order valence-electron chi connectivity index (χ0n) is 12.3. The van der Waals surface area contributed by atoms with Gasteiger partial charge in [0.2, 0.25) is 5.82 Å². The lowest BCUT2D eigenvalue weighted by atomic mass is 9.95. The van der Waals surface area contributed by atoms with E-state index < -0.39 is 0 Å². The van der Waals surface area contributed by atoms with Crippen molar-refractivity contribution in [3.05, 3.63) is 15.8 Å². The fourth-order valence-corrected chi connectivity index (χ4v) is 3.81. The van der Waals surface area contributed by atoms with Gasteiger partial charge < -0.3 is 5.32 Å². The molecule has 1 saturated carbocycles. The summed E-state index contributed by atoms with van der Waals surface area (Å²) in [6.45, 7) is 1.89. The van der Waals surface area contributed by atoms with Crippen molar-refractivity contribution in [3.8, 4) is 0 Å². The van der Waals surface area contributed by atoms with Gasteiger partial charge in [0.25, 0.3) is 0 Å². The van der Waals surface area contributed by atoms with Crippen LogP contribution in [0.25, 0.3) is 0 Å². The van der Waals surface area contributed by atoms with Gasteiger partial charge in [0.15, 0.2) is 0 Å². The van der Waals surface area contributed by atoms with Crippen LogP contribution in [0.15, 0.2) is 0 Å². The number of aryl methyl sites for hydroxylation is 2. The van der Waals surface area contributed by atoms with Gasteiger partial charge in [-0.2, -0.15) is 16.9 Å². The van der Waals surface area contributed by atoms with Gasteiger partial charge in [-0.05, 0) is 25.5 Å². The first-order chi connectivity index (χ1) is 9.58. The summed E-state index contributed by atoms with van der Waals surface area (Å²) in [6.07, 6.45) is 7.35. The molecule has 2 atom stereocenters. The monoisotopic (exact) mass is 298 g/mol. The molecule has 1 N–H and O–H groups in total. The van der Waals surface area contributed by atoms with Crippen LogP contribution in [0.1, 0.15) is 38.3 Å². The van der Waals surface area contributed by atoms with Crippen LogP contribution in [0.2, 0.25) is 0 Å². The Balaban J connectivity index is 2.28. The molecule has 1 fully saturated rings. The molecule has 1 aliphatic rings. The first-order valence-corrected chi connectivity index (χ1v) is 8.36. The Morgan fingerprint density at radius 3 is 2.80 bits per heavy atom. The molecule has 0 saturated heterocycles. The molecular weight excluding hydrogens is 276 g/mol. The Hall–Kier alpha value is -1.24. The summed E-state index contributed by atoms with van der Waals surface area (Å²) in [6, 6.07) is 0.289. The molecule has 7 heteroatoms. The largest absolute Gasteiger partial charge is 0.361 e. The zero-order chi connectivity index (χ0) is 14.7. The Kier molecular flexibility index (Phi) is 4.91. The molecular formula is C13H22N4O2S. The Labute approximate surface area is 123 Å². The van der Waals surface area contributed by atoms with Gasteiger partial charge in [-0.25, -0.2) is 4.68 Å². The van der Waals surface area contributed by atoms with Crippen LogP contribution in [-0.2, 0) is 13.5 Å². The number of thioether (sulfide) groups is 1. The summed E-state index contributed by atoms with van der Waals surface area (Å²) >= 11 is 1.84. The predicted molar refractivity (Wildman–Crippen MR) is 82.4 cm³/mol. The third kappa shape index (κ3) is 2.92. The number of aromatic nitrogens is 2. The number of nitrogens with zero attached hydrogens (tertiary/aromatic N) is 3. The van der Waals surface area contributed by atoms with Crippen molar-refractivity contribution < 1.29 is 4.92 Å². The molecule has 1 aromatic heterocycles. The molecule has 6 nitrogen and oxygen atoms in total. The van der Waals surface area contributed by atoms with Crippen molar-refractivity contribution in [1.29, 1.82) is 0 Å². The summed E-state index contributed by atoms with van der Waals surface area (Å²) in [4.78, 5) is 11.0. The maximum absolute atomic E-state index is 11.3. The Bertz CT molecular complexity index is 489. The second-order valence-corrected chi connectivity index (χ2v) is 6.26. The highest BCUT2D eigenvalue weighted by molar-refractivity contribution is 7.99. The Morgan fingerprint density at radius 1 is 1.50 bits per heavy atom. The first kappa shape index (κ1) is 15.2. The van der Waals surface area contributed by atoms with Crippen molar-refractivity contribution in [3.63, 3.8) is 0 Å². The summed E-state index contributed by atoms with van der Waals surface area (Å²) in [5.41, 5.74) is 0.692. The highest BCUT2D eigenvalue weighted by Crippen LogP contribution is 2.34. The number of anilines is 1. The van der Waals surface area contributed by atoms with Gasteiger partial charge in [0.05, 0.1) is 4.92 Å². The predicted octanol–water partition coefficient (Wildman–Crippen LogP) is 2.98. The third-order valence-electron chi connectivity index (χ3n) is 3.94. The molecule has 112 valence electrons. The van der Waals surface area contributed by atoms with Crippen LogP contribution in [0.5, 0.6) is 0 Å². The minimum absolute atomic E-state index is 0.139. The molecule has 0 amide bonds. The van der Waals surface area contributed by atoms with E-state index in [-0.39, 0.29) is 16.7 Å². The fraction of sp³-hybridized carbons (Fsp3) is 0.769. The number of hydrogen-bond acceptors (Lipinski definition) is 5. The molecule has 0 aromatic carbocycles. The van der Waals surface area contributed by atoms with Gasteiger partial charge in [-0.15, -0.1) is 0 Å². The molecule has 2 rings (SSSR count). The smallest absolute Gasteiger partial charge is 0.333 e. The summed E-state index contributed by atoms with van der Waals surface area (Å²) in [5, 5.41) is 19.5. The van der Waals surface area contributed by atoms with Crippen molar-refractivity contribution in [2.24, 2.45) is 7.05 Å². The molecule has 1 heterocycles. The molecule has 2 unspecified atom stereocenters. The van der Waals surface area contributed by atoms with Crippen molar-refractivity contribution >= 4 is 23.3 Å². The van der Waals surface area contributed by atoms with Gasteiger partial charge in [-0.3, -0.25) is 10.1 Å². The first-order valence-electron chi connectivity index (χ1n) is 7.08. The van der Waals surface area contributed by atoms with Crippen LogP contribution in [-0.4, -0.2) is 32.3 Å². The van der Waals surface area contributed by atoms with Crippen molar-refractivity contribution in [2.45, 2.75) is 50.3 Å². The van der Waals surface area contributed by atoms with Crippen LogP contribution >= 0.6 is 11.8 Å². The summed E-state index contributed by atoms with van der Waals surface area (Å²) in [5.74, 6) is 0.554. The number of rotatable bonds is 5. The van der Waals surface area contributed by atoms with Gasteiger partial charge in [0.1, 0.15) is 5.69 Å². The quantitative estimate of drug-likeness (QED) is 0.668. The lowest BCUT2D eigenvalue weighted by Gasteiger charge is -2.31. The maximum atomic E-state index is 11.3. The van der Waals surface area contributed by atoms with E-state index in [1.807, 2.05) is 18.7 Å². The van der Waals surface area contributed by atoms with Crippen LogP contribution in [0.3, 0.4) is 0 Å². The average molecular weight is 298 g/mol. The molecule has 0 spiro atoms. The fourth-order valence-electron chi connectivity index (χ4n) is 2.88. The van der Waals surface area contributed by atoms with E-state index >= 15 is 0 Å². The van der Waals surface area contributed by atoms with Gasteiger partial charge >= 0.3 is 5.69 Å². The highest BCUT2D eigenvalue weighted by atomic mass is 32.2. The topological polar surface area (TPSA) is 73.0 Å². The SMILES string of the molecule is CCc1nn(C)c(NC2CCCCC2SC)c1[N+](=O)[O-].